The maximum atomic E-state index is 11.9. The third-order valence-corrected chi connectivity index (χ3v) is 2.65. The summed E-state index contributed by atoms with van der Waals surface area (Å²) in [5.41, 5.74) is 2.44. The van der Waals surface area contributed by atoms with Gasteiger partial charge in [-0.25, -0.2) is 15.8 Å². The van der Waals surface area contributed by atoms with E-state index in [0.29, 0.717) is 23.4 Å². The molecule has 1 aliphatic carbocycles. The van der Waals surface area contributed by atoms with E-state index in [2.05, 4.69) is 25.4 Å². The molecule has 2 rings (SSSR count). The number of anilines is 2. The second kappa shape index (κ2) is 6.23. The number of hydrogen-bond acceptors (Lipinski definition) is 6. The number of hydrazine groups is 1. The highest BCUT2D eigenvalue weighted by Gasteiger charge is 2.28. The molecule has 0 saturated heterocycles. The normalized spacial score (nSPS) is 15.2. The number of halogens is 3. The van der Waals surface area contributed by atoms with Crippen molar-refractivity contribution in [3.8, 4) is 0 Å². The smallest absolute Gasteiger partial charge is 0.370 e. The van der Waals surface area contributed by atoms with E-state index < -0.39 is 12.8 Å². The largest absolute Gasteiger partial charge is 0.411 e. The van der Waals surface area contributed by atoms with Gasteiger partial charge in [0.2, 0.25) is 0 Å². The molecular weight excluding hydrogens is 275 g/mol. The van der Waals surface area contributed by atoms with Gasteiger partial charge in [-0.3, -0.25) is 0 Å². The van der Waals surface area contributed by atoms with Crippen molar-refractivity contribution in [2.24, 2.45) is 5.84 Å². The fourth-order valence-corrected chi connectivity index (χ4v) is 1.59. The van der Waals surface area contributed by atoms with Crippen LogP contribution in [-0.2, 0) is 4.74 Å². The summed E-state index contributed by atoms with van der Waals surface area (Å²) in [6, 6.07) is 1.59. The molecule has 112 valence electrons. The summed E-state index contributed by atoms with van der Waals surface area (Å²) in [7, 11) is 0. The first-order chi connectivity index (χ1) is 9.48. The van der Waals surface area contributed by atoms with Crippen molar-refractivity contribution < 1.29 is 17.9 Å². The quantitative estimate of drug-likeness (QED) is 0.402. The maximum absolute atomic E-state index is 11.9. The number of alkyl halides is 3. The van der Waals surface area contributed by atoms with Gasteiger partial charge >= 0.3 is 6.18 Å². The average Bonchev–Trinajstić information content (AvgIpc) is 3.21. The second-order valence-electron chi connectivity index (χ2n) is 4.51. The Kier molecular flexibility index (Phi) is 4.61. The standard InChI is InChI=1S/C11H16F3N5O/c12-11(13,14)6-20-4-3-16-8-5-9(19-15)18-10(17-8)7-1-2-7/h5,7H,1-4,6,15H2,(H2,16,17,18,19). The van der Waals surface area contributed by atoms with Crippen LogP contribution in [0.4, 0.5) is 24.8 Å². The SMILES string of the molecule is NNc1cc(NCCOCC(F)(F)F)nc(C2CC2)n1. The van der Waals surface area contributed by atoms with Crippen LogP contribution in [0.15, 0.2) is 6.07 Å². The van der Waals surface area contributed by atoms with Gasteiger partial charge in [0.15, 0.2) is 0 Å². The second-order valence-corrected chi connectivity index (χ2v) is 4.51. The Morgan fingerprint density at radius 2 is 2.00 bits per heavy atom. The topological polar surface area (TPSA) is 85.1 Å². The predicted octanol–water partition coefficient (Wildman–Crippen LogP) is 1.63. The van der Waals surface area contributed by atoms with Gasteiger partial charge in [-0.15, -0.1) is 0 Å². The third-order valence-electron chi connectivity index (χ3n) is 2.65. The maximum Gasteiger partial charge on any atom is 0.411 e. The number of nitrogens with two attached hydrogens (primary N) is 1. The zero-order chi connectivity index (χ0) is 14.6. The predicted molar refractivity (Wildman–Crippen MR) is 67.2 cm³/mol. The zero-order valence-corrected chi connectivity index (χ0v) is 10.7. The molecule has 6 nitrogen and oxygen atoms in total. The lowest BCUT2D eigenvalue weighted by Crippen LogP contribution is -2.20. The van der Waals surface area contributed by atoms with Crippen LogP contribution in [0.3, 0.4) is 0 Å². The molecule has 1 aromatic heterocycles. The molecule has 1 heterocycles. The van der Waals surface area contributed by atoms with Crippen molar-refractivity contribution in [3.05, 3.63) is 11.9 Å². The molecule has 0 aromatic carbocycles. The summed E-state index contributed by atoms with van der Waals surface area (Å²) in [6.07, 6.45) is -2.21. The summed E-state index contributed by atoms with van der Waals surface area (Å²) in [5.74, 6) is 7.35. The lowest BCUT2D eigenvalue weighted by Gasteiger charge is -2.10. The molecule has 0 atom stereocenters. The van der Waals surface area contributed by atoms with Crippen LogP contribution in [0.5, 0.6) is 0 Å². The van der Waals surface area contributed by atoms with Crippen LogP contribution in [0.2, 0.25) is 0 Å². The lowest BCUT2D eigenvalue weighted by molar-refractivity contribution is -0.172. The van der Waals surface area contributed by atoms with Crippen molar-refractivity contribution in [1.29, 1.82) is 0 Å². The van der Waals surface area contributed by atoms with Crippen molar-refractivity contribution in [2.45, 2.75) is 24.9 Å². The molecule has 0 aliphatic heterocycles. The van der Waals surface area contributed by atoms with Gasteiger partial charge in [0.25, 0.3) is 0 Å². The molecule has 1 saturated carbocycles. The van der Waals surface area contributed by atoms with E-state index in [-0.39, 0.29) is 13.2 Å². The lowest BCUT2D eigenvalue weighted by atomic mass is 10.4. The molecule has 0 radical (unpaired) electrons. The summed E-state index contributed by atoms with van der Waals surface area (Å²) in [4.78, 5) is 8.52. The first-order valence-electron chi connectivity index (χ1n) is 6.22. The Labute approximate surface area is 113 Å². The Bertz CT molecular complexity index is 450. The molecule has 1 fully saturated rings. The highest BCUT2D eigenvalue weighted by atomic mass is 19.4. The van der Waals surface area contributed by atoms with E-state index in [1.807, 2.05) is 0 Å². The van der Waals surface area contributed by atoms with Crippen LogP contribution in [0, 0.1) is 0 Å². The van der Waals surface area contributed by atoms with Crippen LogP contribution in [-0.4, -0.2) is 35.9 Å². The van der Waals surface area contributed by atoms with E-state index in [1.54, 1.807) is 6.07 Å². The first-order valence-corrected chi connectivity index (χ1v) is 6.22. The molecule has 1 aliphatic rings. The minimum Gasteiger partial charge on any atom is -0.370 e. The fraction of sp³-hybridized carbons (Fsp3) is 0.636. The fourth-order valence-electron chi connectivity index (χ4n) is 1.59. The molecule has 4 N–H and O–H groups in total. The molecule has 1 aromatic rings. The van der Waals surface area contributed by atoms with Gasteiger partial charge in [0, 0.05) is 18.5 Å². The van der Waals surface area contributed by atoms with Crippen molar-refractivity contribution in [2.75, 3.05) is 30.5 Å². The van der Waals surface area contributed by atoms with Gasteiger partial charge in [-0.05, 0) is 12.8 Å². The summed E-state index contributed by atoms with van der Waals surface area (Å²) in [5, 5.41) is 2.89. The molecule has 20 heavy (non-hydrogen) atoms. The molecule has 0 spiro atoms. The zero-order valence-electron chi connectivity index (χ0n) is 10.7. The Morgan fingerprint density at radius 1 is 1.30 bits per heavy atom. The van der Waals surface area contributed by atoms with Crippen LogP contribution < -0.4 is 16.6 Å². The number of nitrogen functional groups attached to an aromatic ring is 1. The van der Waals surface area contributed by atoms with E-state index >= 15 is 0 Å². The van der Waals surface area contributed by atoms with Crippen molar-refractivity contribution >= 4 is 11.6 Å². The molecular formula is C11H16F3N5O. The Balaban J connectivity index is 1.81. The van der Waals surface area contributed by atoms with Gasteiger partial charge in [0.1, 0.15) is 24.1 Å². The minimum absolute atomic E-state index is 0.0618. The number of aromatic nitrogens is 2. The number of nitrogens with zero attached hydrogens (tertiary/aromatic N) is 2. The molecule has 0 unspecified atom stereocenters. The highest BCUT2D eigenvalue weighted by molar-refractivity contribution is 5.47. The van der Waals surface area contributed by atoms with Gasteiger partial charge in [-0.2, -0.15) is 13.2 Å². The van der Waals surface area contributed by atoms with Gasteiger partial charge in [0.05, 0.1) is 6.61 Å². The number of ether oxygens (including phenoxy) is 1. The Morgan fingerprint density at radius 3 is 2.60 bits per heavy atom. The van der Waals surface area contributed by atoms with Crippen molar-refractivity contribution in [3.63, 3.8) is 0 Å². The molecule has 9 heteroatoms. The average molecular weight is 291 g/mol. The highest BCUT2D eigenvalue weighted by Crippen LogP contribution is 2.38. The molecule has 0 bridgehead atoms. The van der Waals surface area contributed by atoms with Crippen LogP contribution in [0.25, 0.3) is 0 Å². The minimum atomic E-state index is -4.30. The summed E-state index contributed by atoms with van der Waals surface area (Å²) >= 11 is 0. The van der Waals surface area contributed by atoms with E-state index in [0.717, 1.165) is 12.8 Å². The monoisotopic (exact) mass is 291 g/mol. The summed E-state index contributed by atoms with van der Waals surface area (Å²) < 4.78 is 40.1. The number of rotatable bonds is 7. The number of nitrogens with one attached hydrogen (secondary N) is 2. The van der Waals surface area contributed by atoms with E-state index in [4.69, 9.17) is 5.84 Å². The van der Waals surface area contributed by atoms with Crippen LogP contribution in [0.1, 0.15) is 24.6 Å². The van der Waals surface area contributed by atoms with Crippen molar-refractivity contribution in [1.82, 2.24) is 9.97 Å². The van der Waals surface area contributed by atoms with E-state index in [9.17, 15) is 13.2 Å². The van der Waals surface area contributed by atoms with Gasteiger partial charge < -0.3 is 15.5 Å². The Hall–Kier alpha value is -1.61. The van der Waals surface area contributed by atoms with Gasteiger partial charge in [-0.1, -0.05) is 0 Å². The first kappa shape index (κ1) is 14.8. The molecule has 0 amide bonds. The van der Waals surface area contributed by atoms with Crippen LogP contribution >= 0.6 is 0 Å². The number of hydrogen-bond donors (Lipinski definition) is 3. The van der Waals surface area contributed by atoms with E-state index in [1.165, 1.54) is 0 Å². The third kappa shape index (κ3) is 4.82. The summed E-state index contributed by atoms with van der Waals surface area (Å²) in [6.45, 7) is -1.09.